The quantitative estimate of drug-likeness (QED) is 0.859. The van der Waals surface area contributed by atoms with Crippen LogP contribution < -0.4 is 0 Å². The lowest BCUT2D eigenvalue weighted by atomic mass is 10.1. The number of aliphatic hydroxyl groups excluding tert-OH is 1. The number of nitrogens with zero attached hydrogens (tertiary/aromatic N) is 3. The molecule has 0 aromatic carbocycles. The van der Waals surface area contributed by atoms with Gasteiger partial charge in [0.1, 0.15) is 5.82 Å². The van der Waals surface area contributed by atoms with E-state index in [1.54, 1.807) is 0 Å². The summed E-state index contributed by atoms with van der Waals surface area (Å²) >= 11 is 0. The van der Waals surface area contributed by atoms with Gasteiger partial charge in [0.25, 0.3) is 0 Å². The average molecular weight is 259 g/mol. The van der Waals surface area contributed by atoms with Gasteiger partial charge in [-0.2, -0.15) is 0 Å². The molecule has 4 heteroatoms. The maximum absolute atomic E-state index is 10.1. The maximum Gasteiger partial charge on any atom is 0.110 e. The predicted octanol–water partition coefficient (Wildman–Crippen LogP) is 2.22. The SMILES string of the molecule is Cn1ccnc1CCn1cc2c(c1)C(O)CCCC2. The van der Waals surface area contributed by atoms with Crippen molar-refractivity contribution in [2.24, 2.45) is 7.05 Å². The summed E-state index contributed by atoms with van der Waals surface area (Å²) in [6.45, 7) is 0.921. The summed E-state index contributed by atoms with van der Waals surface area (Å²) in [5.74, 6) is 1.10. The molecule has 0 saturated heterocycles. The highest BCUT2D eigenvalue weighted by Gasteiger charge is 2.18. The zero-order valence-corrected chi connectivity index (χ0v) is 11.4. The fourth-order valence-corrected chi connectivity index (χ4v) is 2.89. The minimum Gasteiger partial charge on any atom is -0.388 e. The first-order valence-electron chi connectivity index (χ1n) is 7.07. The maximum atomic E-state index is 10.1. The van der Waals surface area contributed by atoms with Crippen LogP contribution in [0.25, 0.3) is 0 Å². The van der Waals surface area contributed by atoms with Crippen molar-refractivity contribution >= 4 is 0 Å². The van der Waals surface area contributed by atoms with E-state index in [0.29, 0.717) is 0 Å². The topological polar surface area (TPSA) is 43.0 Å². The van der Waals surface area contributed by atoms with Gasteiger partial charge in [0.15, 0.2) is 0 Å². The van der Waals surface area contributed by atoms with E-state index in [0.717, 1.165) is 43.6 Å². The van der Waals surface area contributed by atoms with E-state index in [2.05, 4.69) is 26.5 Å². The molecule has 1 unspecified atom stereocenters. The molecule has 1 aliphatic rings. The zero-order valence-electron chi connectivity index (χ0n) is 11.4. The Balaban J connectivity index is 1.72. The zero-order chi connectivity index (χ0) is 13.2. The van der Waals surface area contributed by atoms with Crippen molar-refractivity contribution in [2.75, 3.05) is 0 Å². The molecule has 0 saturated carbocycles. The molecule has 2 aromatic heterocycles. The second-order valence-corrected chi connectivity index (χ2v) is 5.44. The first-order chi connectivity index (χ1) is 9.24. The van der Waals surface area contributed by atoms with Crippen LogP contribution in [-0.4, -0.2) is 19.2 Å². The first kappa shape index (κ1) is 12.5. The summed E-state index contributed by atoms with van der Waals surface area (Å²) < 4.78 is 4.26. The van der Waals surface area contributed by atoms with E-state index in [-0.39, 0.29) is 6.10 Å². The summed E-state index contributed by atoms with van der Waals surface area (Å²) in [5, 5.41) is 10.1. The molecule has 0 radical (unpaired) electrons. The van der Waals surface area contributed by atoms with Crippen molar-refractivity contribution in [3.05, 3.63) is 41.7 Å². The van der Waals surface area contributed by atoms with Gasteiger partial charge in [-0.3, -0.25) is 0 Å². The van der Waals surface area contributed by atoms with E-state index >= 15 is 0 Å². The summed E-state index contributed by atoms with van der Waals surface area (Å²) in [7, 11) is 2.02. The number of aryl methyl sites for hydroxylation is 4. The Morgan fingerprint density at radius 3 is 3.05 bits per heavy atom. The van der Waals surface area contributed by atoms with Crippen LogP contribution >= 0.6 is 0 Å². The number of hydrogen-bond acceptors (Lipinski definition) is 2. The van der Waals surface area contributed by atoms with Gasteiger partial charge in [-0.15, -0.1) is 0 Å². The normalized spacial score (nSPS) is 19.2. The Bertz CT molecular complexity index is 555. The largest absolute Gasteiger partial charge is 0.388 e. The third-order valence-corrected chi connectivity index (χ3v) is 4.04. The van der Waals surface area contributed by atoms with Gasteiger partial charge in [-0.25, -0.2) is 4.98 Å². The fraction of sp³-hybridized carbons (Fsp3) is 0.533. The highest BCUT2D eigenvalue weighted by Crippen LogP contribution is 2.29. The minimum atomic E-state index is -0.271. The van der Waals surface area contributed by atoms with Crippen LogP contribution in [0.1, 0.15) is 42.3 Å². The van der Waals surface area contributed by atoms with Crippen LogP contribution in [0.3, 0.4) is 0 Å². The van der Waals surface area contributed by atoms with Gasteiger partial charge in [-0.1, -0.05) is 6.42 Å². The molecular weight excluding hydrogens is 238 g/mol. The second kappa shape index (κ2) is 5.21. The molecule has 0 aliphatic heterocycles. The Hall–Kier alpha value is -1.55. The number of aromatic nitrogens is 3. The van der Waals surface area contributed by atoms with Gasteiger partial charge < -0.3 is 14.2 Å². The molecule has 1 atom stereocenters. The van der Waals surface area contributed by atoms with Crippen molar-refractivity contribution in [1.82, 2.24) is 14.1 Å². The molecule has 0 amide bonds. The van der Waals surface area contributed by atoms with E-state index in [9.17, 15) is 5.11 Å². The molecule has 19 heavy (non-hydrogen) atoms. The first-order valence-corrected chi connectivity index (χ1v) is 7.07. The molecule has 1 aliphatic carbocycles. The smallest absolute Gasteiger partial charge is 0.110 e. The number of rotatable bonds is 3. The Kier molecular flexibility index (Phi) is 3.42. The average Bonchev–Trinajstić information content (AvgIpc) is 2.95. The van der Waals surface area contributed by atoms with Crippen molar-refractivity contribution in [1.29, 1.82) is 0 Å². The summed E-state index contributed by atoms with van der Waals surface area (Å²) in [6, 6.07) is 0. The monoisotopic (exact) mass is 259 g/mol. The fourth-order valence-electron chi connectivity index (χ4n) is 2.89. The van der Waals surface area contributed by atoms with E-state index in [1.165, 1.54) is 12.0 Å². The van der Waals surface area contributed by atoms with Gasteiger partial charge in [0.05, 0.1) is 6.10 Å². The third-order valence-electron chi connectivity index (χ3n) is 4.04. The number of fused-ring (bicyclic) bond motifs is 1. The molecule has 1 N–H and O–H groups in total. The standard InChI is InChI=1S/C15H21N3O/c1-17-9-7-16-15(17)6-8-18-10-12-4-2-3-5-14(19)13(12)11-18/h7,9-11,14,19H,2-6,8H2,1H3. The van der Waals surface area contributed by atoms with E-state index in [4.69, 9.17) is 0 Å². The number of hydrogen-bond donors (Lipinski definition) is 1. The van der Waals surface area contributed by atoms with Crippen molar-refractivity contribution in [2.45, 2.75) is 44.8 Å². The van der Waals surface area contributed by atoms with Crippen LogP contribution in [0, 0.1) is 0 Å². The molecule has 102 valence electrons. The van der Waals surface area contributed by atoms with Crippen molar-refractivity contribution < 1.29 is 5.11 Å². The molecule has 2 heterocycles. The van der Waals surface area contributed by atoms with Gasteiger partial charge >= 0.3 is 0 Å². The second-order valence-electron chi connectivity index (χ2n) is 5.44. The molecule has 2 aromatic rings. The van der Waals surface area contributed by atoms with Gasteiger partial charge in [0, 0.05) is 50.4 Å². The molecule has 3 rings (SSSR count). The highest BCUT2D eigenvalue weighted by molar-refractivity contribution is 5.28. The molecule has 4 nitrogen and oxygen atoms in total. The molecule has 0 fully saturated rings. The van der Waals surface area contributed by atoms with Crippen molar-refractivity contribution in [3.63, 3.8) is 0 Å². The molecular formula is C15H21N3O. The van der Waals surface area contributed by atoms with E-state index in [1.807, 2.05) is 19.4 Å². The van der Waals surface area contributed by atoms with Gasteiger partial charge in [0.2, 0.25) is 0 Å². The van der Waals surface area contributed by atoms with Crippen LogP contribution in [-0.2, 0) is 26.4 Å². The lowest BCUT2D eigenvalue weighted by Gasteiger charge is -2.06. The summed E-state index contributed by atoms with van der Waals surface area (Å²) in [5.41, 5.74) is 2.46. The highest BCUT2D eigenvalue weighted by atomic mass is 16.3. The lowest BCUT2D eigenvalue weighted by molar-refractivity contribution is 0.166. The predicted molar refractivity (Wildman–Crippen MR) is 73.9 cm³/mol. The van der Waals surface area contributed by atoms with Crippen LogP contribution in [0.4, 0.5) is 0 Å². The lowest BCUT2D eigenvalue weighted by Crippen LogP contribution is -2.04. The van der Waals surface area contributed by atoms with Crippen LogP contribution in [0.5, 0.6) is 0 Å². The molecule has 0 bridgehead atoms. The number of imidazole rings is 1. The third kappa shape index (κ3) is 2.59. The van der Waals surface area contributed by atoms with Crippen molar-refractivity contribution in [3.8, 4) is 0 Å². The molecule has 0 spiro atoms. The Morgan fingerprint density at radius 1 is 1.37 bits per heavy atom. The minimum absolute atomic E-state index is 0.271. The Labute approximate surface area is 113 Å². The van der Waals surface area contributed by atoms with E-state index < -0.39 is 0 Å². The summed E-state index contributed by atoms with van der Waals surface area (Å²) in [4.78, 5) is 4.34. The van der Waals surface area contributed by atoms with Gasteiger partial charge in [-0.05, 0) is 24.8 Å². The van der Waals surface area contributed by atoms with Crippen LogP contribution in [0.2, 0.25) is 0 Å². The summed E-state index contributed by atoms with van der Waals surface area (Å²) in [6.07, 6.45) is 13.1. The number of aliphatic hydroxyl groups is 1. The van der Waals surface area contributed by atoms with Crippen LogP contribution in [0.15, 0.2) is 24.8 Å². The Morgan fingerprint density at radius 2 is 2.26 bits per heavy atom.